The van der Waals surface area contributed by atoms with E-state index in [1.807, 2.05) is 23.1 Å². The molecule has 4 rings (SSSR count). The average molecular weight is 392 g/mol. The minimum absolute atomic E-state index is 0.0177. The fourth-order valence-corrected chi connectivity index (χ4v) is 4.92. The molecule has 1 saturated carbocycles. The van der Waals surface area contributed by atoms with Crippen molar-refractivity contribution in [3.05, 3.63) is 65.7 Å². The standard InChI is InChI=1S/C25H33N3O/c1-27(22-14-6-3-7-15-22)19-21-13-8-9-16-23(21)26-25(29)28-18-10-17-24(28)20-11-4-2-5-12-20/h2,4-5,8-9,11-13,16,22,24H,3,6-7,10,14-15,17-19H2,1H3,(H,26,29). The third-order valence-electron chi connectivity index (χ3n) is 6.57. The van der Waals surface area contributed by atoms with Crippen molar-refractivity contribution in [2.75, 3.05) is 18.9 Å². The zero-order valence-electron chi connectivity index (χ0n) is 17.5. The minimum atomic E-state index is 0.0177. The first-order valence-electron chi connectivity index (χ1n) is 11.1. The van der Waals surface area contributed by atoms with E-state index in [0.29, 0.717) is 6.04 Å². The number of carbonyl (C=O) groups is 1. The van der Waals surface area contributed by atoms with Crippen LogP contribution in [-0.4, -0.2) is 35.5 Å². The lowest BCUT2D eigenvalue weighted by Gasteiger charge is -2.32. The van der Waals surface area contributed by atoms with Crippen LogP contribution in [0.25, 0.3) is 0 Å². The fourth-order valence-electron chi connectivity index (χ4n) is 4.92. The summed E-state index contributed by atoms with van der Waals surface area (Å²) < 4.78 is 0. The van der Waals surface area contributed by atoms with Gasteiger partial charge in [-0.15, -0.1) is 0 Å². The Morgan fingerprint density at radius 1 is 0.966 bits per heavy atom. The molecular formula is C25H33N3O. The maximum atomic E-state index is 13.1. The van der Waals surface area contributed by atoms with Crippen molar-refractivity contribution in [3.8, 4) is 0 Å². The molecule has 1 aliphatic carbocycles. The lowest BCUT2D eigenvalue weighted by Crippen LogP contribution is -2.35. The van der Waals surface area contributed by atoms with Crippen LogP contribution in [0.5, 0.6) is 0 Å². The highest BCUT2D eigenvalue weighted by Crippen LogP contribution is 2.32. The SMILES string of the molecule is CN(Cc1ccccc1NC(=O)N1CCCC1c1ccccc1)C1CCCCC1. The second-order valence-electron chi connectivity index (χ2n) is 8.56. The van der Waals surface area contributed by atoms with Gasteiger partial charge in [-0.05, 0) is 49.9 Å². The van der Waals surface area contributed by atoms with Gasteiger partial charge in [0.2, 0.25) is 0 Å². The van der Waals surface area contributed by atoms with Crippen LogP contribution in [0.2, 0.25) is 0 Å². The van der Waals surface area contributed by atoms with Crippen molar-refractivity contribution in [3.63, 3.8) is 0 Å². The zero-order valence-corrected chi connectivity index (χ0v) is 17.5. The average Bonchev–Trinajstić information content (AvgIpc) is 3.26. The fraction of sp³-hybridized carbons (Fsp3) is 0.480. The van der Waals surface area contributed by atoms with Crippen LogP contribution < -0.4 is 5.32 Å². The first-order valence-corrected chi connectivity index (χ1v) is 11.1. The number of nitrogens with zero attached hydrogens (tertiary/aromatic N) is 2. The normalized spacial score (nSPS) is 20.2. The Kier molecular flexibility index (Phi) is 6.50. The summed E-state index contributed by atoms with van der Waals surface area (Å²) in [5, 5.41) is 3.22. The van der Waals surface area contributed by atoms with Gasteiger partial charge >= 0.3 is 6.03 Å². The smallest absolute Gasteiger partial charge is 0.317 e. The van der Waals surface area contributed by atoms with Gasteiger partial charge in [0, 0.05) is 24.8 Å². The van der Waals surface area contributed by atoms with Crippen molar-refractivity contribution < 1.29 is 4.79 Å². The summed E-state index contributed by atoms with van der Waals surface area (Å²) in [7, 11) is 2.22. The predicted molar refractivity (Wildman–Crippen MR) is 119 cm³/mol. The number of hydrogen-bond acceptors (Lipinski definition) is 2. The largest absolute Gasteiger partial charge is 0.322 e. The second kappa shape index (κ2) is 9.45. The molecular weight excluding hydrogens is 358 g/mol. The van der Waals surface area contributed by atoms with Crippen molar-refractivity contribution in [1.29, 1.82) is 0 Å². The number of hydrogen-bond donors (Lipinski definition) is 1. The van der Waals surface area contributed by atoms with E-state index in [2.05, 4.69) is 53.7 Å². The van der Waals surface area contributed by atoms with Crippen LogP contribution in [0.1, 0.15) is 62.1 Å². The Labute approximate surface area is 174 Å². The molecule has 2 fully saturated rings. The van der Waals surface area contributed by atoms with E-state index < -0.39 is 0 Å². The van der Waals surface area contributed by atoms with Gasteiger partial charge in [-0.1, -0.05) is 67.8 Å². The molecule has 0 radical (unpaired) electrons. The number of benzene rings is 2. The number of rotatable bonds is 5. The maximum Gasteiger partial charge on any atom is 0.322 e. The number of amides is 2. The first-order chi connectivity index (χ1) is 14.2. The molecule has 1 saturated heterocycles. The van der Waals surface area contributed by atoms with Crippen LogP contribution in [0.3, 0.4) is 0 Å². The quantitative estimate of drug-likeness (QED) is 0.697. The summed E-state index contributed by atoms with van der Waals surface area (Å²) >= 11 is 0. The topological polar surface area (TPSA) is 35.6 Å². The van der Waals surface area contributed by atoms with Gasteiger partial charge in [0.05, 0.1) is 6.04 Å². The Balaban J connectivity index is 1.44. The number of nitrogens with one attached hydrogen (secondary N) is 1. The van der Waals surface area contributed by atoms with E-state index in [0.717, 1.165) is 31.6 Å². The van der Waals surface area contributed by atoms with Crippen molar-refractivity contribution in [2.45, 2.75) is 63.6 Å². The molecule has 1 N–H and O–H groups in total. The van der Waals surface area contributed by atoms with E-state index in [4.69, 9.17) is 0 Å². The first kappa shape index (κ1) is 20.0. The molecule has 2 amide bonds. The number of urea groups is 1. The lowest BCUT2D eigenvalue weighted by molar-refractivity contribution is 0.184. The Hall–Kier alpha value is -2.33. The monoisotopic (exact) mass is 391 g/mol. The maximum absolute atomic E-state index is 13.1. The van der Waals surface area contributed by atoms with Crippen LogP contribution in [0.15, 0.2) is 54.6 Å². The molecule has 1 atom stereocenters. The summed E-state index contributed by atoms with van der Waals surface area (Å²) in [5.74, 6) is 0. The zero-order chi connectivity index (χ0) is 20.1. The van der Waals surface area contributed by atoms with E-state index >= 15 is 0 Å². The Bertz CT molecular complexity index is 801. The summed E-state index contributed by atoms with van der Waals surface area (Å²) in [6.45, 7) is 1.69. The summed E-state index contributed by atoms with van der Waals surface area (Å²) in [6, 6.07) is 19.5. The van der Waals surface area contributed by atoms with E-state index in [9.17, 15) is 4.79 Å². The lowest BCUT2D eigenvalue weighted by atomic mass is 9.94. The second-order valence-corrected chi connectivity index (χ2v) is 8.56. The third-order valence-corrected chi connectivity index (χ3v) is 6.57. The highest BCUT2D eigenvalue weighted by Gasteiger charge is 2.30. The molecule has 0 aromatic heterocycles. The summed E-state index contributed by atoms with van der Waals surface area (Å²) in [4.78, 5) is 17.6. The molecule has 2 aromatic rings. The molecule has 2 aromatic carbocycles. The number of anilines is 1. The van der Waals surface area contributed by atoms with Gasteiger partial charge in [-0.25, -0.2) is 4.79 Å². The molecule has 154 valence electrons. The van der Waals surface area contributed by atoms with Crippen molar-refractivity contribution in [1.82, 2.24) is 9.80 Å². The van der Waals surface area contributed by atoms with Crippen LogP contribution in [0.4, 0.5) is 10.5 Å². The van der Waals surface area contributed by atoms with E-state index in [1.165, 1.54) is 43.2 Å². The third kappa shape index (κ3) is 4.81. The minimum Gasteiger partial charge on any atom is -0.317 e. The van der Waals surface area contributed by atoms with Crippen molar-refractivity contribution >= 4 is 11.7 Å². The molecule has 2 aliphatic rings. The van der Waals surface area contributed by atoms with Gasteiger partial charge in [-0.2, -0.15) is 0 Å². The molecule has 1 heterocycles. The van der Waals surface area contributed by atoms with Gasteiger partial charge in [0.1, 0.15) is 0 Å². The summed E-state index contributed by atoms with van der Waals surface area (Å²) in [5.41, 5.74) is 3.37. The molecule has 4 nitrogen and oxygen atoms in total. The highest BCUT2D eigenvalue weighted by atomic mass is 16.2. The van der Waals surface area contributed by atoms with Gasteiger partial charge in [0.25, 0.3) is 0 Å². The molecule has 0 bridgehead atoms. The van der Waals surface area contributed by atoms with Crippen LogP contribution >= 0.6 is 0 Å². The molecule has 1 unspecified atom stereocenters. The number of likely N-dealkylation sites (tertiary alicyclic amines) is 1. The molecule has 29 heavy (non-hydrogen) atoms. The van der Waals surface area contributed by atoms with E-state index in [-0.39, 0.29) is 12.1 Å². The molecule has 1 aliphatic heterocycles. The van der Waals surface area contributed by atoms with Crippen LogP contribution in [-0.2, 0) is 6.54 Å². The van der Waals surface area contributed by atoms with Crippen LogP contribution in [0, 0.1) is 0 Å². The van der Waals surface area contributed by atoms with Gasteiger partial charge in [-0.3, -0.25) is 4.90 Å². The van der Waals surface area contributed by atoms with Gasteiger partial charge < -0.3 is 10.2 Å². The Morgan fingerprint density at radius 3 is 2.48 bits per heavy atom. The Morgan fingerprint density at radius 2 is 1.69 bits per heavy atom. The highest BCUT2D eigenvalue weighted by molar-refractivity contribution is 5.90. The number of para-hydroxylation sites is 1. The molecule has 4 heteroatoms. The summed E-state index contributed by atoms with van der Waals surface area (Å²) in [6.07, 6.45) is 8.71. The molecule has 0 spiro atoms. The van der Waals surface area contributed by atoms with E-state index in [1.54, 1.807) is 0 Å². The van der Waals surface area contributed by atoms with Crippen molar-refractivity contribution in [2.24, 2.45) is 0 Å². The predicted octanol–water partition coefficient (Wildman–Crippen LogP) is 5.82. The number of carbonyl (C=O) groups excluding carboxylic acids is 1. The van der Waals surface area contributed by atoms with Gasteiger partial charge in [0.15, 0.2) is 0 Å².